The number of nitrogens with one attached hydrogen (secondary N) is 2. The zero-order valence-electron chi connectivity index (χ0n) is 27.1. The van der Waals surface area contributed by atoms with E-state index in [2.05, 4.69) is 23.3 Å². The van der Waals surface area contributed by atoms with Gasteiger partial charge in [0.1, 0.15) is 35.1 Å². The average Bonchev–Trinajstić information content (AvgIpc) is 2.89. The number of aryl methyl sites for hydroxylation is 1. The highest BCUT2D eigenvalue weighted by Crippen LogP contribution is 2.33. The van der Waals surface area contributed by atoms with Crippen LogP contribution in [0, 0.1) is 6.92 Å². The molecule has 2 aromatic rings. The van der Waals surface area contributed by atoms with Crippen LogP contribution in [-0.2, 0) is 30.3 Å². The number of thiol groups is 1. The van der Waals surface area contributed by atoms with Crippen molar-refractivity contribution >= 4 is 36.5 Å². The number of aromatic hydroxyl groups is 1. The molecule has 0 fully saturated rings. The van der Waals surface area contributed by atoms with E-state index in [0.29, 0.717) is 5.56 Å². The molecule has 0 aliphatic heterocycles. The molecular formula is C33H47N3O7S. The van der Waals surface area contributed by atoms with Gasteiger partial charge in [-0.1, -0.05) is 48.5 Å². The summed E-state index contributed by atoms with van der Waals surface area (Å²) in [6.07, 6.45) is -0.691. The van der Waals surface area contributed by atoms with E-state index in [1.165, 1.54) is 4.90 Å². The Morgan fingerprint density at radius 2 is 1.45 bits per heavy atom. The number of alkyl carbamates (subject to hydrolysis) is 1. The Morgan fingerprint density at radius 3 is 1.98 bits per heavy atom. The fraction of sp³-hybridized carbons (Fsp3) is 0.515. The minimum atomic E-state index is -1.38. The standard InChI is InChI=1S/C33H47N3O7S/c1-20(2)36(29(39)25(19-44)35-31(41)43-33(7,8)9)26(23-17-13-14-21(3)27(23)37)28(38)34-24(30(40)42-32(4,5)6)18-22-15-11-10-12-16-22/h10-17,20,24-26,37,44H,18-19H2,1-9H3,(H,34,38)(H,35,41). The maximum Gasteiger partial charge on any atom is 0.408 e. The van der Waals surface area contributed by atoms with Gasteiger partial charge in [0.15, 0.2) is 0 Å². The molecule has 0 radical (unpaired) electrons. The molecule has 0 aromatic heterocycles. The largest absolute Gasteiger partial charge is 0.507 e. The molecule has 3 N–H and O–H groups in total. The maximum atomic E-state index is 14.3. The molecule has 0 aliphatic carbocycles. The summed E-state index contributed by atoms with van der Waals surface area (Å²) in [5.74, 6) is -2.26. The van der Waals surface area contributed by atoms with E-state index in [0.717, 1.165) is 5.56 Å². The zero-order valence-corrected chi connectivity index (χ0v) is 28.0. The Labute approximate surface area is 266 Å². The highest BCUT2D eigenvalue weighted by atomic mass is 32.1. The van der Waals surface area contributed by atoms with Gasteiger partial charge in [0.2, 0.25) is 11.8 Å². The lowest BCUT2D eigenvalue weighted by Crippen LogP contribution is -2.57. The Morgan fingerprint density at radius 1 is 0.864 bits per heavy atom. The van der Waals surface area contributed by atoms with Crippen molar-refractivity contribution in [3.05, 3.63) is 65.2 Å². The van der Waals surface area contributed by atoms with Crippen LogP contribution in [0.15, 0.2) is 48.5 Å². The molecule has 2 rings (SSSR count). The summed E-state index contributed by atoms with van der Waals surface area (Å²) >= 11 is 4.30. The Bertz CT molecular complexity index is 1300. The lowest BCUT2D eigenvalue weighted by atomic mass is 9.97. The van der Waals surface area contributed by atoms with Crippen molar-refractivity contribution in [1.82, 2.24) is 15.5 Å². The highest BCUT2D eigenvalue weighted by molar-refractivity contribution is 7.80. The molecule has 0 saturated carbocycles. The molecule has 0 saturated heterocycles. The van der Waals surface area contributed by atoms with Crippen molar-refractivity contribution in [3.8, 4) is 5.75 Å². The number of carbonyl (C=O) groups excluding carboxylic acids is 4. The van der Waals surface area contributed by atoms with Gasteiger partial charge < -0.3 is 30.1 Å². The third-order valence-corrected chi connectivity index (χ3v) is 6.73. The van der Waals surface area contributed by atoms with Gasteiger partial charge in [-0.2, -0.15) is 12.6 Å². The van der Waals surface area contributed by atoms with Gasteiger partial charge in [-0.15, -0.1) is 0 Å². The number of amides is 3. The van der Waals surface area contributed by atoms with Gasteiger partial charge >= 0.3 is 12.1 Å². The van der Waals surface area contributed by atoms with Gasteiger partial charge in [0.25, 0.3) is 0 Å². The molecule has 11 heteroatoms. The molecule has 10 nitrogen and oxygen atoms in total. The summed E-state index contributed by atoms with van der Waals surface area (Å²) in [6, 6.07) is 9.80. The second kappa shape index (κ2) is 15.3. The van der Waals surface area contributed by atoms with Gasteiger partial charge in [0, 0.05) is 23.8 Å². The van der Waals surface area contributed by atoms with Crippen LogP contribution in [-0.4, -0.2) is 69.0 Å². The van der Waals surface area contributed by atoms with Crippen molar-refractivity contribution in [2.24, 2.45) is 0 Å². The van der Waals surface area contributed by atoms with E-state index in [4.69, 9.17) is 9.47 Å². The summed E-state index contributed by atoms with van der Waals surface area (Å²) < 4.78 is 11.0. The molecule has 0 aliphatic rings. The number of hydrogen-bond donors (Lipinski definition) is 4. The summed E-state index contributed by atoms with van der Waals surface area (Å²) in [4.78, 5) is 55.6. The number of carbonyl (C=O) groups is 4. The SMILES string of the molecule is Cc1cccc(C(C(=O)NC(Cc2ccccc2)C(=O)OC(C)(C)C)N(C(=O)C(CS)NC(=O)OC(C)(C)C)C(C)C)c1O. The quantitative estimate of drug-likeness (QED) is 0.206. The van der Waals surface area contributed by atoms with E-state index >= 15 is 0 Å². The van der Waals surface area contributed by atoms with Gasteiger partial charge in [-0.3, -0.25) is 9.59 Å². The molecule has 0 heterocycles. The van der Waals surface area contributed by atoms with E-state index in [1.807, 2.05) is 30.3 Å². The molecule has 3 amide bonds. The van der Waals surface area contributed by atoms with Crippen LogP contribution in [0.25, 0.3) is 0 Å². The van der Waals surface area contributed by atoms with Crippen molar-refractivity contribution in [1.29, 1.82) is 0 Å². The highest BCUT2D eigenvalue weighted by Gasteiger charge is 2.40. The predicted molar refractivity (Wildman–Crippen MR) is 172 cm³/mol. The third-order valence-electron chi connectivity index (χ3n) is 6.36. The monoisotopic (exact) mass is 629 g/mol. The van der Waals surface area contributed by atoms with E-state index in [1.54, 1.807) is 80.5 Å². The molecule has 0 spiro atoms. The van der Waals surface area contributed by atoms with Crippen LogP contribution >= 0.6 is 12.6 Å². The molecule has 3 atom stereocenters. The van der Waals surface area contributed by atoms with Crippen molar-refractivity contribution in [2.45, 2.75) is 104 Å². The van der Waals surface area contributed by atoms with Gasteiger partial charge in [-0.05, 0) is 73.4 Å². The first-order valence-electron chi connectivity index (χ1n) is 14.6. The fourth-order valence-corrected chi connectivity index (χ4v) is 4.73. The van der Waals surface area contributed by atoms with Crippen LogP contribution in [0.4, 0.5) is 4.79 Å². The number of benzene rings is 2. The number of esters is 1. The van der Waals surface area contributed by atoms with Gasteiger partial charge in [0.05, 0.1) is 0 Å². The van der Waals surface area contributed by atoms with Crippen LogP contribution < -0.4 is 10.6 Å². The van der Waals surface area contributed by atoms with Gasteiger partial charge in [-0.25, -0.2) is 9.59 Å². The first kappa shape index (κ1) is 36.5. The van der Waals surface area contributed by atoms with E-state index < -0.39 is 59.2 Å². The Kier molecular flexibility index (Phi) is 12.7. The maximum absolute atomic E-state index is 14.3. The third kappa shape index (κ3) is 10.8. The lowest BCUT2D eigenvalue weighted by molar-refractivity contribution is -0.159. The first-order chi connectivity index (χ1) is 20.3. The van der Waals surface area contributed by atoms with Crippen molar-refractivity contribution < 1.29 is 33.8 Å². The molecule has 44 heavy (non-hydrogen) atoms. The fourth-order valence-electron chi connectivity index (χ4n) is 4.48. The number of rotatable bonds is 11. The van der Waals surface area contributed by atoms with Crippen LogP contribution in [0.1, 0.15) is 78.1 Å². The summed E-state index contributed by atoms with van der Waals surface area (Å²) in [5, 5.41) is 16.5. The number of hydrogen-bond acceptors (Lipinski definition) is 8. The molecule has 3 unspecified atom stereocenters. The topological polar surface area (TPSA) is 134 Å². The first-order valence-corrected chi connectivity index (χ1v) is 15.3. The average molecular weight is 630 g/mol. The second-order valence-electron chi connectivity index (χ2n) is 12.9. The normalized spacial score (nSPS) is 13.8. The zero-order chi connectivity index (χ0) is 33.4. The molecule has 0 bridgehead atoms. The summed E-state index contributed by atoms with van der Waals surface area (Å²) in [6.45, 7) is 15.4. The summed E-state index contributed by atoms with van der Waals surface area (Å²) in [7, 11) is 0. The second-order valence-corrected chi connectivity index (χ2v) is 13.3. The minimum absolute atomic E-state index is 0.0933. The van der Waals surface area contributed by atoms with Crippen molar-refractivity contribution in [3.63, 3.8) is 0 Å². The predicted octanol–water partition coefficient (Wildman–Crippen LogP) is 4.87. The van der Waals surface area contributed by atoms with Crippen LogP contribution in [0.3, 0.4) is 0 Å². The number of phenols is 1. The molecule has 2 aromatic carbocycles. The smallest absolute Gasteiger partial charge is 0.408 e. The van der Waals surface area contributed by atoms with Crippen molar-refractivity contribution in [2.75, 3.05) is 5.75 Å². The molecular weight excluding hydrogens is 582 g/mol. The number of para-hydroxylation sites is 1. The number of phenolic OH excluding ortho intramolecular Hbond substituents is 1. The van der Waals surface area contributed by atoms with E-state index in [9.17, 15) is 24.3 Å². The van der Waals surface area contributed by atoms with Crippen LogP contribution in [0.2, 0.25) is 0 Å². The summed E-state index contributed by atoms with van der Waals surface area (Å²) in [5.41, 5.74) is -0.202. The molecule has 242 valence electrons. The minimum Gasteiger partial charge on any atom is -0.507 e. The Hall–Kier alpha value is -3.73. The lowest BCUT2D eigenvalue weighted by Gasteiger charge is -2.38. The van der Waals surface area contributed by atoms with Crippen LogP contribution in [0.5, 0.6) is 5.75 Å². The number of nitrogens with zero attached hydrogens (tertiary/aromatic N) is 1. The van der Waals surface area contributed by atoms with E-state index in [-0.39, 0.29) is 23.5 Å². The number of ether oxygens (including phenoxy) is 2. The Balaban J connectivity index is 2.60.